The number of likely N-dealkylation sites (N-methyl/N-ethyl adjacent to an activating group) is 1. The van der Waals surface area contributed by atoms with Crippen LogP contribution in [-0.2, 0) is 5.54 Å². The topological polar surface area (TPSA) is 82.5 Å². The monoisotopic (exact) mass is 493 g/mol. The maximum absolute atomic E-state index is 13.6. The van der Waals surface area contributed by atoms with Gasteiger partial charge >= 0.3 is 0 Å². The van der Waals surface area contributed by atoms with Gasteiger partial charge in [-0.3, -0.25) is 9.59 Å². The van der Waals surface area contributed by atoms with Gasteiger partial charge in [-0.25, -0.2) is 8.91 Å². The molecule has 0 atom stereocenters. The number of carbonyl (C=O) groups is 1. The molecule has 1 aliphatic rings. The minimum atomic E-state index is -0.662. The van der Waals surface area contributed by atoms with Gasteiger partial charge in [0, 0.05) is 23.7 Å². The smallest absolute Gasteiger partial charge is 0.274 e. The van der Waals surface area contributed by atoms with Crippen LogP contribution in [0.4, 0.5) is 4.39 Å². The van der Waals surface area contributed by atoms with Crippen molar-refractivity contribution in [2.75, 3.05) is 20.1 Å². The van der Waals surface area contributed by atoms with Crippen molar-refractivity contribution in [3.8, 4) is 11.3 Å². The molecule has 5 rings (SSSR count). The van der Waals surface area contributed by atoms with E-state index in [9.17, 15) is 14.0 Å². The fourth-order valence-corrected chi connectivity index (χ4v) is 4.97. The maximum Gasteiger partial charge on any atom is 0.274 e. The molecular formula is C26H25ClFN5O2. The molecule has 7 nitrogen and oxygen atoms in total. The number of nitrogens with one attached hydrogen (secondary N) is 2. The summed E-state index contributed by atoms with van der Waals surface area (Å²) in [6.07, 6.45) is 1.70. The number of halogens is 2. The number of likely N-dealkylation sites (tertiary alicyclic amines) is 1. The van der Waals surface area contributed by atoms with Crippen LogP contribution >= 0.6 is 11.6 Å². The second kappa shape index (κ2) is 8.62. The van der Waals surface area contributed by atoms with Crippen LogP contribution in [0.2, 0.25) is 5.02 Å². The third-order valence-corrected chi connectivity index (χ3v) is 6.69. The molecule has 2 aromatic carbocycles. The molecule has 1 aliphatic heterocycles. The number of aromatic amines is 1. The fourth-order valence-electron chi connectivity index (χ4n) is 4.85. The molecule has 9 heteroatoms. The molecule has 1 amide bonds. The van der Waals surface area contributed by atoms with Gasteiger partial charge in [-0.05, 0) is 48.4 Å². The summed E-state index contributed by atoms with van der Waals surface area (Å²) < 4.78 is 15.0. The molecule has 0 saturated carbocycles. The summed E-state index contributed by atoms with van der Waals surface area (Å²) in [6.45, 7) is 5.01. The lowest BCUT2D eigenvalue weighted by Crippen LogP contribution is -2.66. The van der Waals surface area contributed by atoms with Gasteiger partial charge in [-0.15, -0.1) is 0 Å². The van der Waals surface area contributed by atoms with Crippen LogP contribution in [0.1, 0.15) is 41.4 Å². The Hall–Kier alpha value is -3.49. The zero-order valence-electron chi connectivity index (χ0n) is 19.6. The standard InChI is InChI=1S/C26H25ClFN5O2/c1-15(2)21-22(24(34)30-26(13-32(3)14-26)17-6-10-19(28)11-7-17)31-33-12-20(29-25(35)23(21)33)16-4-8-18(27)9-5-16/h4-12,15H,13-14H2,1-3H3,(H,29,35)(H,30,34). The van der Waals surface area contributed by atoms with Crippen molar-refractivity contribution in [2.24, 2.45) is 0 Å². The fraction of sp³-hybridized carbons (Fsp3) is 0.269. The number of aromatic nitrogens is 3. The van der Waals surface area contributed by atoms with E-state index in [1.54, 1.807) is 42.6 Å². The van der Waals surface area contributed by atoms with Crippen LogP contribution in [0.5, 0.6) is 0 Å². The molecule has 1 fully saturated rings. The van der Waals surface area contributed by atoms with Crippen molar-refractivity contribution in [3.05, 3.63) is 92.7 Å². The molecule has 0 aliphatic carbocycles. The first-order valence-corrected chi connectivity index (χ1v) is 11.7. The molecule has 0 unspecified atom stereocenters. The van der Waals surface area contributed by atoms with Crippen molar-refractivity contribution in [3.63, 3.8) is 0 Å². The van der Waals surface area contributed by atoms with Crippen LogP contribution in [0.15, 0.2) is 59.5 Å². The molecule has 180 valence electrons. The highest BCUT2D eigenvalue weighted by Crippen LogP contribution is 2.32. The normalized spacial score (nSPS) is 15.4. The van der Waals surface area contributed by atoms with Gasteiger partial charge in [0.15, 0.2) is 5.69 Å². The van der Waals surface area contributed by atoms with Gasteiger partial charge in [0.05, 0.1) is 17.4 Å². The Bertz CT molecular complexity index is 1470. The summed E-state index contributed by atoms with van der Waals surface area (Å²) in [4.78, 5) is 31.7. The minimum absolute atomic E-state index is 0.124. The Labute approximate surface area is 206 Å². The van der Waals surface area contributed by atoms with Gasteiger partial charge in [0.25, 0.3) is 11.5 Å². The number of hydrogen-bond donors (Lipinski definition) is 2. The number of rotatable bonds is 5. The van der Waals surface area contributed by atoms with E-state index in [2.05, 4.69) is 20.3 Å². The average molecular weight is 494 g/mol. The molecule has 35 heavy (non-hydrogen) atoms. The van der Waals surface area contributed by atoms with Crippen molar-refractivity contribution < 1.29 is 9.18 Å². The van der Waals surface area contributed by atoms with Gasteiger partial charge in [-0.2, -0.15) is 5.10 Å². The van der Waals surface area contributed by atoms with E-state index in [-0.39, 0.29) is 28.9 Å². The second-order valence-electron chi connectivity index (χ2n) is 9.43. The molecule has 0 spiro atoms. The van der Waals surface area contributed by atoms with E-state index in [1.165, 1.54) is 16.6 Å². The lowest BCUT2D eigenvalue weighted by Gasteiger charge is -2.49. The predicted octanol–water partition coefficient (Wildman–Crippen LogP) is 4.18. The molecule has 0 radical (unpaired) electrons. The Morgan fingerprint density at radius 2 is 1.80 bits per heavy atom. The van der Waals surface area contributed by atoms with E-state index in [1.807, 2.05) is 20.9 Å². The zero-order chi connectivity index (χ0) is 24.9. The molecule has 3 heterocycles. The Balaban J connectivity index is 1.57. The summed E-state index contributed by atoms with van der Waals surface area (Å²) in [5.74, 6) is -0.829. The van der Waals surface area contributed by atoms with E-state index in [4.69, 9.17) is 11.6 Å². The van der Waals surface area contributed by atoms with E-state index < -0.39 is 5.54 Å². The highest BCUT2D eigenvalue weighted by molar-refractivity contribution is 6.30. The van der Waals surface area contributed by atoms with Crippen LogP contribution in [-0.4, -0.2) is 45.5 Å². The summed E-state index contributed by atoms with van der Waals surface area (Å²) in [5.41, 5.74) is 2.28. The highest BCUT2D eigenvalue weighted by atomic mass is 35.5. The molecule has 2 N–H and O–H groups in total. The van der Waals surface area contributed by atoms with Crippen molar-refractivity contribution in [1.29, 1.82) is 0 Å². The van der Waals surface area contributed by atoms with Crippen molar-refractivity contribution in [1.82, 2.24) is 24.8 Å². The quantitative estimate of drug-likeness (QED) is 0.437. The minimum Gasteiger partial charge on any atom is -0.338 e. The van der Waals surface area contributed by atoms with Gasteiger partial charge < -0.3 is 15.2 Å². The summed E-state index contributed by atoms with van der Waals surface area (Å²) in [7, 11) is 1.95. The Morgan fingerprint density at radius 1 is 1.14 bits per heavy atom. The Morgan fingerprint density at radius 3 is 2.40 bits per heavy atom. The highest BCUT2D eigenvalue weighted by Gasteiger charge is 2.44. The first kappa shape index (κ1) is 23.3. The van der Waals surface area contributed by atoms with Crippen molar-refractivity contribution >= 4 is 23.0 Å². The van der Waals surface area contributed by atoms with E-state index in [0.29, 0.717) is 34.9 Å². The lowest BCUT2D eigenvalue weighted by atomic mass is 9.82. The van der Waals surface area contributed by atoms with Crippen LogP contribution < -0.4 is 10.9 Å². The zero-order valence-corrected chi connectivity index (χ0v) is 20.4. The summed E-state index contributed by atoms with van der Waals surface area (Å²) >= 11 is 5.99. The van der Waals surface area contributed by atoms with Gasteiger partial charge in [0.1, 0.15) is 11.3 Å². The molecule has 0 bridgehead atoms. The number of nitrogens with zero attached hydrogens (tertiary/aromatic N) is 3. The molecule has 2 aromatic heterocycles. The van der Waals surface area contributed by atoms with E-state index >= 15 is 0 Å². The number of H-pyrrole nitrogens is 1. The number of benzene rings is 2. The Kier molecular flexibility index (Phi) is 5.73. The number of carbonyl (C=O) groups excluding carboxylic acids is 1. The summed E-state index contributed by atoms with van der Waals surface area (Å²) in [6, 6.07) is 13.3. The van der Waals surface area contributed by atoms with Gasteiger partial charge in [-0.1, -0.05) is 49.7 Å². The first-order valence-electron chi connectivity index (χ1n) is 11.4. The second-order valence-corrected chi connectivity index (χ2v) is 9.87. The van der Waals surface area contributed by atoms with E-state index in [0.717, 1.165) is 11.1 Å². The molecule has 4 aromatic rings. The van der Waals surface area contributed by atoms with Crippen molar-refractivity contribution in [2.45, 2.75) is 25.3 Å². The number of fused-ring (bicyclic) bond motifs is 1. The third kappa shape index (κ3) is 4.13. The van der Waals surface area contributed by atoms with Crippen LogP contribution in [0.3, 0.4) is 0 Å². The molecule has 1 saturated heterocycles. The predicted molar refractivity (Wildman–Crippen MR) is 133 cm³/mol. The lowest BCUT2D eigenvalue weighted by molar-refractivity contribution is 0.0507. The largest absolute Gasteiger partial charge is 0.338 e. The van der Waals surface area contributed by atoms with Gasteiger partial charge in [0.2, 0.25) is 0 Å². The summed E-state index contributed by atoms with van der Waals surface area (Å²) in [5, 5.41) is 8.28. The number of amides is 1. The van der Waals surface area contributed by atoms with Crippen LogP contribution in [0.25, 0.3) is 16.8 Å². The molecular weight excluding hydrogens is 469 g/mol. The SMILES string of the molecule is CC(C)c1c(C(=O)NC2(c3ccc(F)cc3)CN(C)C2)nn2cc(-c3ccc(Cl)cc3)[nH]c(=O)c12. The first-order chi connectivity index (χ1) is 16.7. The average Bonchev–Trinajstić information content (AvgIpc) is 3.19. The maximum atomic E-state index is 13.6. The number of hydrogen-bond acceptors (Lipinski definition) is 4. The third-order valence-electron chi connectivity index (χ3n) is 6.44. The van der Waals surface area contributed by atoms with Crippen LogP contribution in [0, 0.1) is 5.82 Å².